The van der Waals surface area contributed by atoms with Gasteiger partial charge in [0.2, 0.25) is 5.91 Å². The van der Waals surface area contributed by atoms with Crippen LogP contribution < -0.4 is 0 Å². The highest BCUT2D eigenvalue weighted by Gasteiger charge is 2.27. The summed E-state index contributed by atoms with van der Waals surface area (Å²) in [5, 5.41) is 5.15. The Morgan fingerprint density at radius 1 is 1.29 bits per heavy atom. The molecule has 5 nitrogen and oxygen atoms in total. The third-order valence-electron chi connectivity index (χ3n) is 4.94. The maximum absolute atomic E-state index is 12.6. The second kappa shape index (κ2) is 7.05. The fourth-order valence-electron chi connectivity index (χ4n) is 3.33. The lowest BCUT2D eigenvalue weighted by Crippen LogP contribution is -2.39. The minimum atomic E-state index is 0.227. The van der Waals surface area contributed by atoms with E-state index >= 15 is 0 Å². The Balaban J connectivity index is 1.61. The number of likely N-dealkylation sites (tertiary alicyclic amines) is 1. The topological polar surface area (TPSA) is 59.2 Å². The van der Waals surface area contributed by atoms with Gasteiger partial charge in [-0.25, -0.2) is 4.98 Å². The summed E-state index contributed by atoms with van der Waals surface area (Å²) in [4.78, 5) is 20.6. The van der Waals surface area contributed by atoms with Crippen LogP contribution in [0.15, 0.2) is 4.52 Å². The summed E-state index contributed by atoms with van der Waals surface area (Å²) in [5.41, 5.74) is 3.09. The van der Waals surface area contributed by atoms with Gasteiger partial charge in [-0.3, -0.25) is 4.79 Å². The van der Waals surface area contributed by atoms with E-state index in [1.54, 1.807) is 11.3 Å². The number of rotatable bonds is 4. The third kappa shape index (κ3) is 3.53. The molecule has 1 saturated heterocycles. The van der Waals surface area contributed by atoms with Crippen LogP contribution >= 0.6 is 11.3 Å². The number of thiazole rings is 1. The van der Waals surface area contributed by atoms with Crippen molar-refractivity contribution in [2.24, 2.45) is 0 Å². The number of carbonyl (C=O) groups excluding carboxylic acids is 1. The first-order valence-electron chi connectivity index (χ1n) is 8.59. The van der Waals surface area contributed by atoms with E-state index in [4.69, 9.17) is 9.51 Å². The van der Waals surface area contributed by atoms with Crippen molar-refractivity contribution in [1.29, 1.82) is 0 Å². The van der Waals surface area contributed by atoms with Gasteiger partial charge in [0.15, 0.2) is 0 Å². The fraction of sp³-hybridized carbons (Fsp3) is 0.611. The number of hydrogen-bond acceptors (Lipinski definition) is 5. The molecule has 1 aliphatic heterocycles. The smallest absolute Gasteiger partial charge is 0.222 e. The Labute approximate surface area is 147 Å². The molecule has 0 N–H and O–H groups in total. The third-order valence-corrected chi connectivity index (χ3v) is 6.17. The van der Waals surface area contributed by atoms with Gasteiger partial charge in [0.05, 0.1) is 16.4 Å². The first-order valence-corrected chi connectivity index (χ1v) is 9.40. The van der Waals surface area contributed by atoms with Crippen molar-refractivity contribution >= 4 is 17.2 Å². The number of amides is 1. The molecule has 0 saturated carbocycles. The molecule has 2 aromatic rings. The summed E-state index contributed by atoms with van der Waals surface area (Å²) in [6.07, 6.45) is 3.40. The maximum atomic E-state index is 12.6. The van der Waals surface area contributed by atoms with Crippen LogP contribution in [0.3, 0.4) is 0 Å². The monoisotopic (exact) mass is 347 g/mol. The lowest BCUT2D eigenvalue weighted by Gasteiger charge is -2.32. The number of aromatic nitrogens is 2. The van der Waals surface area contributed by atoms with Crippen LogP contribution in [-0.2, 0) is 11.2 Å². The Bertz CT molecular complexity index is 696. The van der Waals surface area contributed by atoms with Gasteiger partial charge in [-0.1, -0.05) is 5.16 Å². The van der Waals surface area contributed by atoms with Crippen molar-refractivity contribution in [3.8, 4) is 0 Å². The molecule has 0 aromatic carbocycles. The van der Waals surface area contributed by atoms with Gasteiger partial charge in [0, 0.05) is 35.9 Å². The van der Waals surface area contributed by atoms with Crippen LogP contribution in [0.5, 0.6) is 0 Å². The van der Waals surface area contributed by atoms with E-state index in [-0.39, 0.29) is 5.91 Å². The molecule has 0 unspecified atom stereocenters. The number of aryl methyl sites for hydroxylation is 4. The predicted molar refractivity (Wildman–Crippen MR) is 94.4 cm³/mol. The van der Waals surface area contributed by atoms with Gasteiger partial charge in [-0.2, -0.15) is 0 Å². The van der Waals surface area contributed by atoms with E-state index in [1.165, 1.54) is 9.88 Å². The maximum Gasteiger partial charge on any atom is 0.222 e. The summed E-state index contributed by atoms with van der Waals surface area (Å²) in [7, 11) is 0. The second-order valence-corrected chi connectivity index (χ2v) is 7.91. The van der Waals surface area contributed by atoms with Gasteiger partial charge >= 0.3 is 0 Å². The lowest BCUT2D eigenvalue weighted by atomic mass is 9.98. The average Bonchev–Trinajstić information content (AvgIpc) is 3.08. The number of hydrogen-bond donors (Lipinski definition) is 0. The van der Waals surface area contributed by atoms with Crippen LogP contribution in [0.4, 0.5) is 0 Å². The van der Waals surface area contributed by atoms with E-state index in [0.29, 0.717) is 18.8 Å². The van der Waals surface area contributed by atoms with Gasteiger partial charge in [0.25, 0.3) is 0 Å². The van der Waals surface area contributed by atoms with Crippen molar-refractivity contribution in [2.75, 3.05) is 13.1 Å². The summed E-state index contributed by atoms with van der Waals surface area (Å²) < 4.78 is 5.18. The Hall–Kier alpha value is -1.69. The van der Waals surface area contributed by atoms with E-state index in [2.05, 4.69) is 19.0 Å². The second-order valence-electron chi connectivity index (χ2n) is 6.68. The fourth-order valence-corrected chi connectivity index (χ4v) is 4.37. The molecule has 0 spiro atoms. The van der Waals surface area contributed by atoms with E-state index in [1.807, 2.05) is 18.7 Å². The molecular weight excluding hydrogens is 322 g/mol. The zero-order chi connectivity index (χ0) is 17.3. The standard InChI is InChI=1S/C18H25N3O2S/c1-11-14(4)24-18(19-11)15-6-5-9-21(10-15)17(22)8-7-16-12(2)20-23-13(16)3/h15H,5-10H2,1-4H3/t15-/m0/s1. The van der Waals surface area contributed by atoms with Crippen LogP contribution in [0.2, 0.25) is 0 Å². The van der Waals surface area contributed by atoms with Gasteiger partial charge < -0.3 is 9.42 Å². The molecule has 1 atom stereocenters. The highest BCUT2D eigenvalue weighted by atomic mass is 32.1. The van der Waals surface area contributed by atoms with Crippen molar-refractivity contribution in [1.82, 2.24) is 15.0 Å². The molecule has 6 heteroatoms. The molecule has 3 rings (SSSR count). The minimum absolute atomic E-state index is 0.227. The Kier molecular flexibility index (Phi) is 5.04. The minimum Gasteiger partial charge on any atom is -0.361 e. The first-order chi connectivity index (χ1) is 11.5. The molecule has 1 amide bonds. The summed E-state index contributed by atoms with van der Waals surface area (Å²) in [6, 6.07) is 0. The van der Waals surface area contributed by atoms with E-state index in [9.17, 15) is 4.79 Å². The molecule has 1 fully saturated rings. The van der Waals surface area contributed by atoms with Crippen LogP contribution in [0, 0.1) is 27.7 Å². The summed E-state index contributed by atoms with van der Waals surface area (Å²) in [5.74, 6) is 1.44. The quantitative estimate of drug-likeness (QED) is 0.846. The summed E-state index contributed by atoms with van der Waals surface area (Å²) in [6.45, 7) is 9.67. The number of nitrogens with zero attached hydrogens (tertiary/aromatic N) is 3. The molecule has 3 heterocycles. The van der Waals surface area contributed by atoms with E-state index < -0.39 is 0 Å². The largest absolute Gasteiger partial charge is 0.361 e. The average molecular weight is 347 g/mol. The van der Waals surface area contributed by atoms with Crippen LogP contribution in [-0.4, -0.2) is 34.0 Å². The van der Waals surface area contributed by atoms with Gasteiger partial charge in [-0.15, -0.1) is 11.3 Å². The van der Waals surface area contributed by atoms with Crippen LogP contribution in [0.1, 0.15) is 57.8 Å². The van der Waals surface area contributed by atoms with E-state index in [0.717, 1.165) is 48.6 Å². The molecule has 0 radical (unpaired) electrons. The molecular formula is C18H25N3O2S. The molecule has 130 valence electrons. The number of carbonyl (C=O) groups is 1. The zero-order valence-corrected chi connectivity index (χ0v) is 15.7. The highest BCUT2D eigenvalue weighted by molar-refractivity contribution is 7.11. The highest BCUT2D eigenvalue weighted by Crippen LogP contribution is 2.31. The summed E-state index contributed by atoms with van der Waals surface area (Å²) >= 11 is 1.78. The lowest BCUT2D eigenvalue weighted by molar-refractivity contribution is -0.132. The molecule has 0 aliphatic carbocycles. The molecule has 2 aromatic heterocycles. The van der Waals surface area contributed by atoms with Gasteiger partial charge in [-0.05, 0) is 47.0 Å². The Morgan fingerprint density at radius 3 is 2.71 bits per heavy atom. The Morgan fingerprint density at radius 2 is 2.08 bits per heavy atom. The predicted octanol–water partition coefficient (Wildman–Crippen LogP) is 3.70. The zero-order valence-electron chi connectivity index (χ0n) is 14.9. The van der Waals surface area contributed by atoms with Crippen molar-refractivity contribution in [3.63, 3.8) is 0 Å². The van der Waals surface area contributed by atoms with Crippen molar-refractivity contribution < 1.29 is 9.32 Å². The molecule has 24 heavy (non-hydrogen) atoms. The van der Waals surface area contributed by atoms with Crippen molar-refractivity contribution in [2.45, 2.75) is 59.3 Å². The van der Waals surface area contributed by atoms with Gasteiger partial charge in [0.1, 0.15) is 5.76 Å². The SMILES string of the molecule is Cc1nc([C@H]2CCCN(C(=O)CCc3c(C)noc3C)C2)sc1C. The first kappa shape index (κ1) is 17.1. The molecule has 0 bridgehead atoms. The number of piperidine rings is 1. The van der Waals surface area contributed by atoms with Crippen LogP contribution in [0.25, 0.3) is 0 Å². The molecule has 1 aliphatic rings. The van der Waals surface area contributed by atoms with Crippen molar-refractivity contribution in [3.05, 3.63) is 32.6 Å². The normalized spacial score (nSPS) is 18.2.